The topological polar surface area (TPSA) is 64.8 Å². The fourth-order valence-electron chi connectivity index (χ4n) is 3.26. The minimum atomic E-state index is -3.04. The van der Waals surface area contributed by atoms with Crippen LogP contribution in [0.4, 0.5) is 0 Å². The minimum Gasteiger partial charge on any atom is -0.308 e. The molecule has 1 saturated heterocycles. The van der Waals surface area contributed by atoms with Gasteiger partial charge in [0.1, 0.15) is 16.6 Å². The molecule has 0 N–H and O–H groups in total. The van der Waals surface area contributed by atoms with Crippen LogP contribution in [0.5, 0.6) is 0 Å². The van der Waals surface area contributed by atoms with Crippen molar-refractivity contribution in [3.8, 4) is 0 Å². The number of aromatic nitrogens is 3. The van der Waals surface area contributed by atoms with E-state index in [2.05, 4.69) is 14.5 Å². The van der Waals surface area contributed by atoms with Gasteiger partial charge in [0.15, 0.2) is 15.5 Å². The molecule has 106 valence electrons. The number of sulfone groups is 1. The first-order valence-electron chi connectivity index (χ1n) is 7.21. The summed E-state index contributed by atoms with van der Waals surface area (Å²) in [5, 5.41) is -0.433. The summed E-state index contributed by atoms with van der Waals surface area (Å²) in [4.78, 5) is 9.04. The van der Waals surface area contributed by atoms with Crippen LogP contribution >= 0.6 is 0 Å². The maximum atomic E-state index is 12.2. The highest BCUT2D eigenvalue weighted by Gasteiger charge is 2.38. The van der Waals surface area contributed by atoms with Crippen LogP contribution in [0.2, 0.25) is 0 Å². The Labute approximate surface area is 118 Å². The fraction of sp³-hybridized carbons (Fsp3) is 0.571. The zero-order valence-corrected chi connectivity index (χ0v) is 12.0. The lowest BCUT2D eigenvalue weighted by Gasteiger charge is -2.29. The van der Waals surface area contributed by atoms with Gasteiger partial charge in [-0.25, -0.2) is 18.4 Å². The third kappa shape index (κ3) is 1.70. The van der Waals surface area contributed by atoms with E-state index < -0.39 is 15.1 Å². The highest BCUT2D eigenvalue weighted by Crippen LogP contribution is 2.41. The normalized spacial score (nSPS) is 25.9. The van der Waals surface area contributed by atoms with Crippen LogP contribution in [0.3, 0.4) is 0 Å². The first kappa shape index (κ1) is 12.3. The largest absolute Gasteiger partial charge is 0.308 e. The second-order valence-corrected chi connectivity index (χ2v) is 8.07. The Morgan fingerprint density at radius 3 is 2.70 bits per heavy atom. The monoisotopic (exact) mass is 291 g/mol. The Balaban J connectivity index is 1.94. The molecule has 5 nitrogen and oxygen atoms in total. The van der Waals surface area contributed by atoms with Gasteiger partial charge in [0.25, 0.3) is 0 Å². The smallest absolute Gasteiger partial charge is 0.160 e. The van der Waals surface area contributed by atoms with Gasteiger partial charge >= 0.3 is 0 Å². The number of hydrogen-bond donors (Lipinski definition) is 0. The van der Waals surface area contributed by atoms with Gasteiger partial charge in [0.2, 0.25) is 0 Å². The molecule has 1 aliphatic carbocycles. The predicted molar refractivity (Wildman–Crippen MR) is 76.2 cm³/mol. The van der Waals surface area contributed by atoms with Crippen molar-refractivity contribution in [2.75, 3.05) is 5.75 Å². The van der Waals surface area contributed by atoms with E-state index in [9.17, 15) is 8.42 Å². The molecule has 0 aromatic carbocycles. The van der Waals surface area contributed by atoms with Crippen molar-refractivity contribution in [3.05, 3.63) is 24.2 Å². The van der Waals surface area contributed by atoms with E-state index in [1.54, 1.807) is 6.20 Å². The Hall–Kier alpha value is -1.43. The van der Waals surface area contributed by atoms with E-state index in [1.165, 1.54) is 6.42 Å². The van der Waals surface area contributed by atoms with Crippen LogP contribution in [-0.4, -0.2) is 28.7 Å². The highest BCUT2D eigenvalue weighted by molar-refractivity contribution is 7.91. The van der Waals surface area contributed by atoms with Crippen LogP contribution in [0.15, 0.2) is 18.3 Å². The lowest BCUT2D eigenvalue weighted by atomic mass is 9.92. The molecule has 2 aliphatic rings. The fourth-order valence-corrected chi connectivity index (χ4v) is 5.13. The van der Waals surface area contributed by atoms with Crippen LogP contribution in [0.25, 0.3) is 11.2 Å². The molecule has 0 amide bonds. The molecular formula is C14H17N3O2S. The van der Waals surface area contributed by atoms with Crippen molar-refractivity contribution < 1.29 is 8.42 Å². The summed E-state index contributed by atoms with van der Waals surface area (Å²) in [6.45, 7) is 0. The summed E-state index contributed by atoms with van der Waals surface area (Å²) in [5.74, 6) is 1.01. The molecular weight excluding hydrogens is 274 g/mol. The van der Waals surface area contributed by atoms with Crippen LogP contribution in [0, 0.1) is 0 Å². The van der Waals surface area contributed by atoms with Gasteiger partial charge in [-0.2, -0.15) is 0 Å². The Morgan fingerprint density at radius 1 is 1.20 bits per heavy atom. The van der Waals surface area contributed by atoms with Gasteiger partial charge in [-0.3, -0.25) is 0 Å². The van der Waals surface area contributed by atoms with Gasteiger partial charge in [-0.15, -0.1) is 0 Å². The summed E-state index contributed by atoms with van der Waals surface area (Å²) >= 11 is 0. The number of hydrogen-bond acceptors (Lipinski definition) is 4. The third-order valence-electron chi connectivity index (χ3n) is 4.53. The van der Waals surface area contributed by atoms with Gasteiger partial charge in [0, 0.05) is 12.2 Å². The summed E-state index contributed by atoms with van der Waals surface area (Å²) < 4.78 is 26.6. The molecule has 1 aliphatic heterocycles. The van der Waals surface area contributed by atoms with E-state index in [-0.39, 0.29) is 0 Å². The Kier molecular flexibility index (Phi) is 2.64. The zero-order valence-electron chi connectivity index (χ0n) is 11.2. The predicted octanol–water partition coefficient (Wildman–Crippen LogP) is 2.41. The van der Waals surface area contributed by atoms with Gasteiger partial charge < -0.3 is 4.57 Å². The van der Waals surface area contributed by atoms with E-state index in [0.29, 0.717) is 18.2 Å². The SMILES string of the molecule is O=S1(=O)CCCC1c1nc2cccnc2n1C1CCC1. The van der Waals surface area contributed by atoms with Crippen molar-refractivity contribution in [2.45, 2.75) is 43.4 Å². The molecule has 1 atom stereocenters. The van der Waals surface area contributed by atoms with E-state index in [4.69, 9.17) is 0 Å². The van der Waals surface area contributed by atoms with Crippen molar-refractivity contribution in [2.24, 2.45) is 0 Å². The van der Waals surface area contributed by atoms with Crippen molar-refractivity contribution in [1.29, 1.82) is 0 Å². The molecule has 0 radical (unpaired) electrons. The molecule has 2 aromatic rings. The molecule has 0 spiro atoms. The second-order valence-electron chi connectivity index (χ2n) is 5.77. The maximum absolute atomic E-state index is 12.2. The lowest BCUT2D eigenvalue weighted by Crippen LogP contribution is -2.22. The number of rotatable bonds is 2. The number of imidazole rings is 1. The van der Waals surface area contributed by atoms with Crippen molar-refractivity contribution >= 4 is 21.0 Å². The van der Waals surface area contributed by atoms with Crippen LogP contribution < -0.4 is 0 Å². The van der Waals surface area contributed by atoms with Crippen molar-refractivity contribution in [3.63, 3.8) is 0 Å². The van der Waals surface area contributed by atoms with Gasteiger partial charge in [0.05, 0.1) is 5.75 Å². The highest BCUT2D eigenvalue weighted by atomic mass is 32.2. The summed E-state index contributed by atoms with van der Waals surface area (Å²) in [6, 6.07) is 4.15. The van der Waals surface area contributed by atoms with Crippen molar-refractivity contribution in [1.82, 2.24) is 14.5 Å². The van der Waals surface area contributed by atoms with E-state index >= 15 is 0 Å². The number of fused-ring (bicyclic) bond motifs is 1. The maximum Gasteiger partial charge on any atom is 0.160 e. The molecule has 20 heavy (non-hydrogen) atoms. The first-order chi connectivity index (χ1) is 9.67. The molecule has 4 rings (SSSR count). The van der Waals surface area contributed by atoms with E-state index in [0.717, 1.165) is 36.3 Å². The molecule has 1 unspecified atom stereocenters. The minimum absolute atomic E-state index is 0.291. The van der Waals surface area contributed by atoms with Crippen LogP contribution in [0.1, 0.15) is 49.2 Å². The molecule has 0 bridgehead atoms. The average Bonchev–Trinajstić information content (AvgIpc) is 2.88. The van der Waals surface area contributed by atoms with Crippen LogP contribution in [-0.2, 0) is 9.84 Å². The Bertz CT molecular complexity index is 762. The number of pyridine rings is 1. The first-order valence-corrected chi connectivity index (χ1v) is 8.93. The van der Waals surface area contributed by atoms with E-state index in [1.807, 2.05) is 12.1 Å². The average molecular weight is 291 g/mol. The summed E-state index contributed by atoms with van der Waals surface area (Å²) in [5.41, 5.74) is 1.66. The van der Waals surface area contributed by atoms with Gasteiger partial charge in [-0.1, -0.05) is 0 Å². The third-order valence-corrected chi connectivity index (χ3v) is 6.70. The quantitative estimate of drug-likeness (QED) is 0.852. The molecule has 1 saturated carbocycles. The molecule has 3 heterocycles. The zero-order chi connectivity index (χ0) is 13.7. The molecule has 6 heteroatoms. The second kappa shape index (κ2) is 4.28. The lowest BCUT2D eigenvalue weighted by molar-refractivity contribution is 0.310. The molecule has 2 fully saturated rings. The standard InChI is InChI=1S/C14H17N3O2S/c18-20(19)9-3-7-12(20)14-16-11-6-2-8-15-13(11)17(14)10-4-1-5-10/h2,6,8,10,12H,1,3-5,7,9H2. The summed E-state index contributed by atoms with van der Waals surface area (Å²) in [6.07, 6.45) is 6.59. The molecule has 2 aromatic heterocycles. The Morgan fingerprint density at radius 2 is 2.05 bits per heavy atom. The summed E-state index contributed by atoms with van der Waals surface area (Å²) in [7, 11) is -3.04. The van der Waals surface area contributed by atoms with Gasteiger partial charge in [-0.05, 0) is 44.2 Å². The number of nitrogens with zero attached hydrogens (tertiary/aromatic N) is 3.